The van der Waals surface area contributed by atoms with Crippen molar-refractivity contribution in [2.24, 2.45) is 5.73 Å². The first-order valence-electron chi connectivity index (χ1n) is 6.85. The van der Waals surface area contributed by atoms with Gasteiger partial charge in [-0.25, -0.2) is 0 Å². The lowest BCUT2D eigenvalue weighted by atomic mass is 10.0. The Kier molecular flexibility index (Phi) is 5.13. The van der Waals surface area contributed by atoms with Crippen molar-refractivity contribution in [1.82, 2.24) is 0 Å². The maximum atomic E-state index is 12.1. The zero-order valence-electron chi connectivity index (χ0n) is 11.7. The van der Waals surface area contributed by atoms with E-state index in [0.29, 0.717) is 11.5 Å². The van der Waals surface area contributed by atoms with Gasteiger partial charge >= 0.3 is 0 Å². The number of ether oxygens (including phenoxy) is 1. The van der Waals surface area contributed by atoms with Crippen LogP contribution < -0.4 is 5.73 Å². The third-order valence-corrected chi connectivity index (χ3v) is 5.07. The lowest BCUT2D eigenvalue weighted by molar-refractivity contribution is 0.128. The minimum absolute atomic E-state index is 0.151. The first-order valence-corrected chi connectivity index (χ1v) is 8.34. The van der Waals surface area contributed by atoms with Crippen molar-refractivity contribution in [3.05, 3.63) is 34.9 Å². The molecule has 1 heterocycles. The third kappa shape index (κ3) is 4.13. The Morgan fingerprint density at radius 1 is 1.47 bits per heavy atom. The van der Waals surface area contributed by atoms with E-state index in [0.717, 1.165) is 25.0 Å². The van der Waals surface area contributed by atoms with Crippen LogP contribution in [0.3, 0.4) is 0 Å². The Morgan fingerprint density at radius 2 is 2.26 bits per heavy atom. The SMILES string of the molecule is Cc1ccc(C)c(C(N)CS(=O)CC2CCCO2)c1. The predicted octanol–water partition coefficient (Wildman–Crippen LogP) is 2.23. The Balaban J connectivity index is 1.94. The molecule has 1 aromatic carbocycles. The Morgan fingerprint density at radius 3 is 2.95 bits per heavy atom. The Labute approximate surface area is 118 Å². The fourth-order valence-electron chi connectivity index (χ4n) is 2.50. The van der Waals surface area contributed by atoms with Gasteiger partial charge in [-0.3, -0.25) is 4.21 Å². The summed E-state index contributed by atoms with van der Waals surface area (Å²) in [6.07, 6.45) is 2.29. The van der Waals surface area contributed by atoms with E-state index in [1.807, 2.05) is 0 Å². The Bertz CT molecular complexity index is 455. The Hall–Kier alpha value is -0.710. The van der Waals surface area contributed by atoms with Crippen LogP contribution in [0.15, 0.2) is 18.2 Å². The average Bonchev–Trinajstić information content (AvgIpc) is 2.84. The molecule has 2 rings (SSSR count). The highest BCUT2D eigenvalue weighted by molar-refractivity contribution is 7.85. The standard InChI is InChI=1S/C15H23NO2S/c1-11-5-6-12(2)14(8-11)15(16)10-19(17)9-13-4-3-7-18-13/h5-6,8,13,15H,3-4,7,9-10,16H2,1-2H3. The van der Waals surface area contributed by atoms with Gasteiger partial charge in [-0.1, -0.05) is 23.8 Å². The molecule has 106 valence electrons. The molecule has 0 amide bonds. The summed E-state index contributed by atoms with van der Waals surface area (Å²) >= 11 is 0. The molecule has 3 nitrogen and oxygen atoms in total. The van der Waals surface area contributed by atoms with Gasteiger partial charge < -0.3 is 10.5 Å². The van der Waals surface area contributed by atoms with Gasteiger partial charge in [0.15, 0.2) is 0 Å². The largest absolute Gasteiger partial charge is 0.377 e. The van der Waals surface area contributed by atoms with Gasteiger partial charge in [0.05, 0.1) is 6.10 Å². The first-order chi connectivity index (χ1) is 9.06. The molecule has 0 spiro atoms. The van der Waals surface area contributed by atoms with Gasteiger partial charge in [0, 0.05) is 35.0 Å². The zero-order valence-corrected chi connectivity index (χ0v) is 12.5. The lowest BCUT2D eigenvalue weighted by Crippen LogP contribution is -2.24. The number of hydrogen-bond acceptors (Lipinski definition) is 3. The van der Waals surface area contributed by atoms with Crippen LogP contribution in [0.25, 0.3) is 0 Å². The molecule has 0 aromatic heterocycles. The van der Waals surface area contributed by atoms with Crippen LogP contribution in [-0.2, 0) is 15.5 Å². The molecule has 4 heteroatoms. The van der Waals surface area contributed by atoms with E-state index in [-0.39, 0.29) is 12.1 Å². The molecular formula is C15H23NO2S. The summed E-state index contributed by atoms with van der Waals surface area (Å²) in [4.78, 5) is 0. The van der Waals surface area contributed by atoms with E-state index in [9.17, 15) is 4.21 Å². The molecule has 1 aliphatic rings. The molecule has 0 saturated carbocycles. The number of hydrogen-bond donors (Lipinski definition) is 1. The van der Waals surface area contributed by atoms with Crippen LogP contribution in [0.2, 0.25) is 0 Å². The normalized spacial score (nSPS) is 22.4. The highest BCUT2D eigenvalue weighted by Gasteiger charge is 2.20. The van der Waals surface area contributed by atoms with Gasteiger partial charge in [-0.05, 0) is 37.8 Å². The zero-order chi connectivity index (χ0) is 13.8. The van der Waals surface area contributed by atoms with Gasteiger partial charge in [0.2, 0.25) is 0 Å². The maximum Gasteiger partial charge on any atom is 0.0691 e. The summed E-state index contributed by atoms with van der Waals surface area (Å²) in [6, 6.07) is 6.10. The second-order valence-electron chi connectivity index (χ2n) is 5.37. The van der Waals surface area contributed by atoms with Crippen molar-refractivity contribution in [1.29, 1.82) is 0 Å². The van der Waals surface area contributed by atoms with Crippen molar-refractivity contribution in [2.45, 2.75) is 38.8 Å². The molecule has 1 aromatic rings. The first kappa shape index (κ1) is 14.7. The topological polar surface area (TPSA) is 52.3 Å². The fraction of sp³-hybridized carbons (Fsp3) is 0.600. The van der Waals surface area contributed by atoms with Crippen molar-refractivity contribution in [3.8, 4) is 0 Å². The van der Waals surface area contributed by atoms with Crippen molar-refractivity contribution in [2.75, 3.05) is 18.1 Å². The lowest BCUT2D eigenvalue weighted by Gasteiger charge is -2.16. The van der Waals surface area contributed by atoms with Crippen molar-refractivity contribution in [3.63, 3.8) is 0 Å². The summed E-state index contributed by atoms with van der Waals surface area (Å²) in [5.74, 6) is 1.14. The van der Waals surface area contributed by atoms with Crippen LogP contribution in [0.4, 0.5) is 0 Å². The highest BCUT2D eigenvalue weighted by Crippen LogP contribution is 2.19. The van der Waals surface area contributed by atoms with E-state index in [4.69, 9.17) is 10.5 Å². The number of aryl methyl sites for hydroxylation is 2. The monoisotopic (exact) mass is 281 g/mol. The summed E-state index contributed by atoms with van der Waals surface area (Å²) in [5.41, 5.74) is 9.69. The summed E-state index contributed by atoms with van der Waals surface area (Å²) < 4.78 is 17.6. The minimum Gasteiger partial charge on any atom is -0.377 e. The second-order valence-corrected chi connectivity index (χ2v) is 6.92. The van der Waals surface area contributed by atoms with Crippen LogP contribution in [0, 0.1) is 13.8 Å². The van der Waals surface area contributed by atoms with E-state index in [1.165, 1.54) is 11.1 Å². The average molecular weight is 281 g/mol. The van der Waals surface area contributed by atoms with Gasteiger partial charge in [-0.15, -0.1) is 0 Å². The molecular weight excluding hydrogens is 258 g/mol. The third-order valence-electron chi connectivity index (χ3n) is 3.60. The molecule has 0 radical (unpaired) electrons. The molecule has 2 N–H and O–H groups in total. The second kappa shape index (κ2) is 6.64. The molecule has 0 bridgehead atoms. The van der Waals surface area contributed by atoms with Crippen LogP contribution in [-0.4, -0.2) is 28.4 Å². The molecule has 3 atom stereocenters. The number of rotatable bonds is 5. The summed E-state index contributed by atoms with van der Waals surface area (Å²) in [5, 5.41) is 0. The smallest absolute Gasteiger partial charge is 0.0691 e. The van der Waals surface area contributed by atoms with Crippen LogP contribution in [0.1, 0.15) is 35.6 Å². The van der Waals surface area contributed by atoms with E-state index >= 15 is 0 Å². The predicted molar refractivity (Wildman–Crippen MR) is 79.7 cm³/mol. The molecule has 19 heavy (non-hydrogen) atoms. The minimum atomic E-state index is -0.905. The quantitative estimate of drug-likeness (QED) is 0.900. The van der Waals surface area contributed by atoms with Gasteiger partial charge in [0.25, 0.3) is 0 Å². The summed E-state index contributed by atoms with van der Waals surface area (Å²) in [7, 11) is -0.905. The highest BCUT2D eigenvalue weighted by atomic mass is 32.2. The molecule has 1 aliphatic heterocycles. The number of benzene rings is 1. The van der Waals surface area contributed by atoms with E-state index in [1.54, 1.807) is 0 Å². The molecule has 1 saturated heterocycles. The molecule has 1 fully saturated rings. The molecule has 3 unspecified atom stereocenters. The van der Waals surface area contributed by atoms with Crippen LogP contribution >= 0.6 is 0 Å². The van der Waals surface area contributed by atoms with Gasteiger partial charge in [0.1, 0.15) is 0 Å². The fourth-order valence-corrected chi connectivity index (χ4v) is 3.89. The van der Waals surface area contributed by atoms with E-state index in [2.05, 4.69) is 32.0 Å². The summed E-state index contributed by atoms with van der Waals surface area (Å²) in [6.45, 7) is 4.92. The van der Waals surface area contributed by atoms with Crippen LogP contribution in [0.5, 0.6) is 0 Å². The maximum absolute atomic E-state index is 12.1. The van der Waals surface area contributed by atoms with E-state index < -0.39 is 10.8 Å². The van der Waals surface area contributed by atoms with Crippen molar-refractivity contribution >= 4 is 10.8 Å². The van der Waals surface area contributed by atoms with Gasteiger partial charge in [-0.2, -0.15) is 0 Å². The molecule has 0 aliphatic carbocycles. The van der Waals surface area contributed by atoms with Crippen molar-refractivity contribution < 1.29 is 8.95 Å². The number of nitrogens with two attached hydrogens (primary N) is 1.